The molecule has 0 amide bonds. The van der Waals surface area contributed by atoms with Crippen LogP contribution >= 0.6 is 0 Å². The van der Waals surface area contributed by atoms with Crippen molar-refractivity contribution in [2.75, 3.05) is 12.0 Å². The lowest BCUT2D eigenvalue weighted by molar-refractivity contribution is 0.592. The molecular formula is C9H13NO2S. The van der Waals surface area contributed by atoms with Crippen molar-refractivity contribution in [3.63, 3.8) is 0 Å². The standard InChI is InChI=1S/C9H13NO2S/c1-7(13(2,11)12)8-3-5-9(10)6-4-8/h3-7H,10H2,1-2H3. The maximum Gasteiger partial charge on any atom is 0.154 e. The summed E-state index contributed by atoms with van der Waals surface area (Å²) in [5, 5.41) is -0.465. The predicted molar refractivity (Wildman–Crippen MR) is 54.1 cm³/mol. The number of anilines is 1. The van der Waals surface area contributed by atoms with Crippen molar-refractivity contribution in [1.82, 2.24) is 0 Å². The summed E-state index contributed by atoms with van der Waals surface area (Å²) in [5.74, 6) is 0. The Kier molecular flexibility index (Phi) is 2.61. The normalized spacial score (nSPS) is 14.0. The van der Waals surface area contributed by atoms with Gasteiger partial charge in [-0.25, -0.2) is 8.42 Å². The number of hydrogen-bond acceptors (Lipinski definition) is 3. The van der Waals surface area contributed by atoms with Crippen molar-refractivity contribution in [3.05, 3.63) is 29.8 Å². The Balaban J connectivity index is 3.04. The summed E-state index contributed by atoms with van der Waals surface area (Å²) in [4.78, 5) is 0. The van der Waals surface area contributed by atoms with E-state index in [4.69, 9.17) is 5.73 Å². The van der Waals surface area contributed by atoms with Gasteiger partial charge in [0.25, 0.3) is 0 Å². The first-order valence-electron chi connectivity index (χ1n) is 3.95. The predicted octanol–water partition coefficient (Wildman–Crippen LogP) is 1.37. The highest BCUT2D eigenvalue weighted by atomic mass is 32.2. The maximum absolute atomic E-state index is 11.2. The van der Waals surface area contributed by atoms with E-state index < -0.39 is 15.1 Å². The van der Waals surface area contributed by atoms with Crippen LogP contribution in [0.15, 0.2) is 24.3 Å². The highest BCUT2D eigenvalue weighted by Crippen LogP contribution is 2.21. The molecule has 1 aromatic rings. The highest BCUT2D eigenvalue weighted by molar-refractivity contribution is 7.90. The second kappa shape index (κ2) is 3.38. The molecule has 1 unspecified atom stereocenters. The molecule has 1 atom stereocenters. The average molecular weight is 199 g/mol. The number of rotatable bonds is 2. The van der Waals surface area contributed by atoms with Crippen LogP contribution in [0.1, 0.15) is 17.7 Å². The molecule has 3 nitrogen and oxygen atoms in total. The van der Waals surface area contributed by atoms with Gasteiger partial charge >= 0.3 is 0 Å². The summed E-state index contributed by atoms with van der Waals surface area (Å²) in [6.07, 6.45) is 1.23. The quantitative estimate of drug-likeness (QED) is 0.732. The summed E-state index contributed by atoms with van der Waals surface area (Å²) in [6.45, 7) is 1.67. The molecule has 0 heterocycles. The smallest absolute Gasteiger partial charge is 0.154 e. The maximum atomic E-state index is 11.2. The Morgan fingerprint density at radius 3 is 2.08 bits per heavy atom. The number of nitrogen functional groups attached to an aromatic ring is 1. The zero-order chi connectivity index (χ0) is 10.1. The third-order valence-electron chi connectivity index (χ3n) is 2.05. The fraction of sp³-hybridized carbons (Fsp3) is 0.333. The van der Waals surface area contributed by atoms with Gasteiger partial charge in [-0.1, -0.05) is 12.1 Å². The molecule has 4 heteroatoms. The summed E-state index contributed by atoms with van der Waals surface area (Å²) < 4.78 is 22.4. The van der Waals surface area contributed by atoms with Crippen molar-refractivity contribution in [2.24, 2.45) is 0 Å². The van der Waals surface area contributed by atoms with Gasteiger partial charge in [-0.2, -0.15) is 0 Å². The molecule has 13 heavy (non-hydrogen) atoms. The fourth-order valence-corrected chi connectivity index (χ4v) is 1.67. The Morgan fingerprint density at radius 1 is 1.23 bits per heavy atom. The van der Waals surface area contributed by atoms with Crippen LogP contribution in [0.25, 0.3) is 0 Å². The average Bonchev–Trinajstić information content (AvgIpc) is 2.03. The van der Waals surface area contributed by atoms with Crippen molar-refractivity contribution in [3.8, 4) is 0 Å². The molecule has 1 rings (SSSR count). The number of sulfone groups is 1. The molecule has 0 fully saturated rings. The van der Waals surface area contributed by atoms with E-state index in [0.29, 0.717) is 5.69 Å². The van der Waals surface area contributed by atoms with Gasteiger partial charge in [-0.05, 0) is 24.6 Å². The van der Waals surface area contributed by atoms with Crippen LogP contribution in [0.4, 0.5) is 5.69 Å². The molecule has 1 aromatic carbocycles. The fourth-order valence-electron chi connectivity index (χ4n) is 1.01. The Morgan fingerprint density at radius 2 is 1.69 bits per heavy atom. The van der Waals surface area contributed by atoms with Gasteiger partial charge in [-0.15, -0.1) is 0 Å². The van der Waals surface area contributed by atoms with Crippen molar-refractivity contribution >= 4 is 15.5 Å². The molecular weight excluding hydrogens is 186 g/mol. The largest absolute Gasteiger partial charge is 0.399 e. The number of nitrogens with two attached hydrogens (primary N) is 1. The van der Waals surface area contributed by atoms with E-state index >= 15 is 0 Å². The molecule has 2 N–H and O–H groups in total. The SMILES string of the molecule is CC(c1ccc(N)cc1)S(C)(=O)=O. The summed E-state index contributed by atoms with van der Waals surface area (Å²) in [7, 11) is -3.01. The van der Waals surface area contributed by atoms with Crippen molar-refractivity contribution in [2.45, 2.75) is 12.2 Å². The van der Waals surface area contributed by atoms with Crippen LogP contribution in [-0.2, 0) is 9.84 Å². The molecule has 0 spiro atoms. The van der Waals surface area contributed by atoms with Gasteiger partial charge in [0.05, 0.1) is 5.25 Å². The van der Waals surface area contributed by atoms with Crippen LogP contribution in [0.5, 0.6) is 0 Å². The van der Waals surface area contributed by atoms with Crippen LogP contribution in [-0.4, -0.2) is 14.7 Å². The van der Waals surface area contributed by atoms with Gasteiger partial charge in [0, 0.05) is 11.9 Å². The van der Waals surface area contributed by atoms with E-state index in [2.05, 4.69) is 0 Å². The molecule has 0 aliphatic carbocycles. The van der Waals surface area contributed by atoms with Crippen LogP contribution in [0.2, 0.25) is 0 Å². The van der Waals surface area contributed by atoms with Crippen LogP contribution in [0, 0.1) is 0 Å². The number of hydrogen-bond donors (Lipinski definition) is 1. The van der Waals surface area contributed by atoms with E-state index in [9.17, 15) is 8.42 Å². The van der Waals surface area contributed by atoms with Gasteiger partial charge in [0.1, 0.15) is 0 Å². The van der Waals surface area contributed by atoms with Gasteiger partial charge < -0.3 is 5.73 Å². The monoisotopic (exact) mass is 199 g/mol. The molecule has 0 aliphatic heterocycles. The van der Waals surface area contributed by atoms with Gasteiger partial charge in [0.15, 0.2) is 9.84 Å². The first-order valence-corrected chi connectivity index (χ1v) is 5.91. The zero-order valence-corrected chi connectivity index (χ0v) is 8.51. The van der Waals surface area contributed by atoms with Crippen molar-refractivity contribution < 1.29 is 8.42 Å². The second-order valence-electron chi connectivity index (χ2n) is 3.14. The molecule has 0 aliphatic rings. The second-order valence-corrected chi connectivity index (χ2v) is 5.50. The van der Waals surface area contributed by atoms with Crippen molar-refractivity contribution in [1.29, 1.82) is 0 Å². The first-order chi connectivity index (χ1) is 5.91. The van der Waals surface area contributed by atoms with E-state index in [1.165, 1.54) is 6.26 Å². The lowest BCUT2D eigenvalue weighted by Crippen LogP contribution is -2.07. The molecule has 0 radical (unpaired) electrons. The summed E-state index contributed by atoms with van der Waals surface area (Å²) in [5.41, 5.74) is 6.90. The highest BCUT2D eigenvalue weighted by Gasteiger charge is 2.16. The van der Waals surface area contributed by atoms with Gasteiger partial charge in [-0.3, -0.25) is 0 Å². The molecule has 0 aromatic heterocycles. The lowest BCUT2D eigenvalue weighted by atomic mass is 10.1. The third-order valence-corrected chi connectivity index (χ3v) is 3.60. The van der Waals surface area contributed by atoms with Crippen LogP contribution in [0.3, 0.4) is 0 Å². The van der Waals surface area contributed by atoms with E-state index in [1.807, 2.05) is 0 Å². The lowest BCUT2D eigenvalue weighted by Gasteiger charge is -2.09. The minimum absolute atomic E-state index is 0.465. The Bertz CT molecular complexity index is 381. The molecule has 0 saturated carbocycles. The van der Waals surface area contributed by atoms with Crippen LogP contribution < -0.4 is 5.73 Å². The minimum atomic E-state index is -3.01. The van der Waals surface area contributed by atoms with E-state index in [-0.39, 0.29) is 0 Å². The third kappa shape index (κ3) is 2.45. The molecule has 0 bridgehead atoms. The first kappa shape index (κ1) is 10.1. The van der Waals surface area contributed by atoms with Gasteiger partial charge in [0.2, 0.25) is 0 Å². The number of benzene rings is 1. The Labute approximate surface area is 78.5 Å². The molecule has 72 valence electrons. The summed E-state index contributed by atoms with van der Waals surface area (Å²) >= 11 is 0. The van der Waals surface area contributed by atoms with E-state index in [0.717, 1.165) is 5.56 Å². The Hall–Kier alpha value is -1.03. The molecule has 0 saturated heterocycles. The topological polar surface area (TPSA) is 60.2 Å². The minimum Gasteiger partial charge on any atom is -0.399 e. The zero-order valence-electron chi connectivity index (χ0n) is 7.69. The summed E-state index contributed by atoms with van der Waals surface area (Å²) in [6, 6.07) is 6.89. The van der Waals surface area contributed by atoms with E-state index in [1.54, 1.807) is 31.2 Å².